The maximum Gasteiger partial charge on any atom is 0.303 e. The number of benzene rings is 3. The molecule has 0 atom stereocenters. The Morgan fingerprint density at radius 1 is 0.857 bits per heavy atom. The summed E-state index contributed by atoms with van der Waals surface area (Å²) in [5.74, 6) is -1.63. The number of ketones is 1. The first-order valence-corrected chi connectivity index (χ1v) is 8.93. The van der Waals surface area contributed by atoms with Gasteiger partial charge in [0.2, 0.25) is 0 Å². The summed E-state index contributed by atoms with van der Waals surface area (Å²) in [6, 6.07) is 20.1. The molecule has 4 aromatic rings. The average Bonchev–Trinajstić information content (AvgIpc) is 3.10. The standard InChI is InChI=1S/C24H21NO3/c26-23(27)14-5-6-15-25-16-21(19-11-3-4-13-22(19)25)24(28)20-12-7-9-17-8-1-2-10-18(17)20/h1-4,7-13,16H,5-6,14-15H2,(H,26,27)/i5D2,6D2. The highest BCUT2D eigenvalue weighted by molar-refractivity contribution is 6.21. The van der Waals surface area contributed by atoms with Gasteiger partial charge in [0.05, 0.1) is 0 Å². The van der Waals surface area contributed by atoms with E-state index in [0.29, 0.717) is 22.0 Å². The number of nitrogens with zero attached hydrogens (tertiary/aromatic N) is 1. The van der Waals surface area contributed by atoms with Crippen LogP contribution in [0.25, 0.3) is 21.7 Å². The van der Waals surface area contributed by atoms with Crippen LogP contribution in [-0.2, 0) is 11.3 Å². The first-order chi connectivity index (χ1) is 15.1. The second-order valence-electron chi connectivity index (χ2n) is 6.47. The number of carbonyl (C=O) groups is 2. The number of para-hydroxylation sites is 1. The number of hydrogen-bond donors (Lipinski definition) is 1. The Morgan fingerprint density at radius 3 is 2.39 bits per heavy atom. The van der Waals surface area contributed by atoms with Gasteiger partial charge in [-0.3, -0.25) is 9.59 Å². The third-order valence-corrected chi connectivity index (χ3v) is 4.68. The fourth-order valence-electron chi connectivity index (χ4n) is 3.41. The topological polar surface area (TPSA) is 59.3 Å². The molecular formula is C24H21NO3. The predicted octanol–water partition coefficient (Wildman–Crippen LogP) is 5.28. The number of aliphatic carboxylic acids is 1. The third kappa shape index (κ3) is 3.41. The Balaban J connectivity index is 1.80. The van der Waals surface area contributed by atoms with E-state index >= 15 is 0 Å². The summed E-state index contributed by atoms with van der Waals surface area (Å²) in [5, 5.41) is 11.3. The summed E-state index contributed by atoms with van der Waals surface area (Å²) in [5.41, 5.74) is 1.48. The van der Waals surface area contributed by atoms with E-state index in [1.165, 1.54) is 10.8 Å². The van der Waals surface area contributed by atoms with Gasteiger partial charge in [0.1, 0.15) is 0 Å². The van der Waals surface area contributed by atoms with E-state index in [-0.39, 0.29) is 5.78 Å². The summed E-state index contributed by atoms with van der Waals surface area (Å²) in [4.78, 5) is 24.6. The van der Waals surface area contributed by atoms with Crippen LogP contribution in [0.2, 0.25) is 0 Å². The molecule has 0 saturated carbocycles. The monoisotopic (exact) mass is 375 g/mol. The van der Waals surface area contributed by atoms with Crippen molar-refractivity contribution in [2.75, 3.05) is 0 Å². The second kappa shape index (κ2) is 7.69. The molecule has 0 unspecified atom stereocenters. The zero-order chi connectivity index (χ0) is 23.1. The van der Waals surface area contributed by atoms with Gasteiger partial charge in [0, 0.05) is 46.7 Å². The van der Waals surface area contributed by atoms with Crippen molar-refractivity contribution in [3.8, 4) is 0 Å². The number of carboxylic acid groups (broad SMARTS) is 1. The number of aryl methyl sites for hydroxylation is 1. The van der Waals surface area contributed by atoms with Crippen molar-refractivity contribution in [1.82, 2.24) is 4.57 Å². The SMILES string of the molecule is [2H]C([2H])(CC(=O)O)C([2H])([2H])Cn1cc(C(=O)c2cccc3ccccc23)c2ccccc21. The Morgan fingerprint density at radius 2 is 1.57 bits per heavy atom. The van der Waals surface area contributed by atoms with Gasteiger partial charge in [-0.05, 0) is 29.6 Å². The highest BCUT2D eigenvalue weighted by Crippen LogP contribution is 2.27. The minimum Gasteiger partial charge on any atom is -0.481 e. The molecule has 1 N–H and O–H groups in total. The van der Waals surface area contributed by atoms with Crippen molar-refractivity contribution in [3.63, 3.8) is 0 Å². The zero-order valence-electron chi connectivity index (χ0n) is 19.1. The summed E-state index contributed by atoms with van der Waals surface area (Å²) in [6.45, 7) is -0.434. The third-order valence-electron chi connectivity index (χ3n) is 4.68. The van der Waals surface area contributed by atoms with Crippen molar-refractivity contribution in [2.45, 2.75) is 25.7 Å². The summed E-state index contributed by atoms with van der Waals surface area (Å²) < 4.78 is 33.9. The molecule has 4 nitrogen and oxygen atoms in total. The molecule has 3 aromatic carbocycles. The van der Waals surface area contributed by atoms with Gasteiger partial charge in [0.25, 0.3) is 0 Å². The molecular weight excluding hydrogens is 350 g/mol. The van der Waals surface area contributed by atoms with Gasteiger partial charge in [0.15, 0.2) is 5.78 Å². The van der Waals surface area contributed by atoms with Crippen molar-refractivity contribution >= 4 is 33.4 Å². The molecule has 28 heavy (non-hydrogen) atoms. The Labute approximate surface area is 168 Å². The molecule has 0 spiro atoms. The van der Waals surface area contributed by atoms with Crippen molar-refractivity contribution in [1.29, 1.82) is 0 Å². The van der Waals surface area contributed by atoms with Crippen LogP contribution >= 0.6 is 0 Å². The van der Waals surface area contributed by atoms with E-state index in [0.717, 1.165) is 10.8 Å². The summed E-state index contributed by atoms with van der Waals surface area (Å²) in [7, 11) is 0. The lowest BCUT2D eigenvalue weighted by Crippen LogP contribution is -2.02. The van der Waals surface area contributed by atoms with Gasteiger partial charge in [-0.25, -0.2) is 0 Å². The predicted molar refractivity (Wildman–Crippen MR) is 111 cm³/mol. The maximum absolute atomic E-state index is 13.5. The molecule has 0 saturated heterocycles. The molecule has 0 aliphatic carbocycles. The van der Waals surface area contributed by atoms with E-state index in [1.807, 2.05) is 36.4 Å². The lowest BCUT2D eigenvalue weighted by atomic mass is 9.97. The number of aromatic nitrogens is 1. The Hall–Kier alpha value is -3.40. The highest BCUT2D eigenvalue weighted by atomic mass is 16.4. The second-order valence-corrected chi connectivity index (χ2v) is 6.47. The van der Waals surface area contributed by atoms with Gasteiger partial charge in [-0.2, -0.15) is 0 Å². The maximum atomic E-state index is 13.5. The highest BCUT2D eigenvalue weighted by Gasteiger charge is 2.18. The number of fused-ring (bicyclic) bond motifs is 2. The van der Waals surface area contributed by atoms with E-state index in [1.54, 1.807) is 30.3 Å². The molecule has 0 radical (unpaired) electrons. The fraction of sp³-hybridized carbons (Fsp3) is 0.167. The zero-order valence-corrected chi connectivity index (χ0v) is 15.1. The molecule has 0 amide bonds. The van der Waals surface area contributed by atoms with E-state index < -0.39 is 31.7 Å². The van der Waals surface area contributed by atoms with E-state index in [4.69, 9.17) is 10.6 Å². The quantitative estimate of drug-likeness (QED) is 0.447. The molecule has 1 heterocycles. The normalized spacial score (nSPS) is 14.3. The molecule has 140 valence electrons. The fourth-order valence-corrected chi connectivity index (χ4v) is 3.41. The Kier molecular flexibility index (Phi) is 3.77. The van der Waals surface area contributed by atoms with Gasteiger partial charge in [-0.15, -0.1) is 0 Å². The van der Waals surface area contributed by atoms with Crippen LogP contribution in [0.15, 0.2) is 72.9 Å². The molecule has 0 fully saturated rings. The first kappa shape index (κ1) is 13.7. The Bertz CT molecular complexity index is 1340. The van der Waals surface area contributed by atoms with E-state index in [2.05, 4.69) is 0 Å². The summed E-state index contributed by atoms with van der Waals surface area (Å²) in [6.07, 6.45) is -4.50. The largest absolute Gasteiger partial charge is 0.481 e. The van der Waals surface area contributed by atoms with Gasteiger partial charge >= 0.3 is 5.97 Å². The number of rotatable bonds is 7. The summed E-state index contributed by atoms with van der Waals surface area (Å²) >= 11 is 0. The molecule has 0 aliphatic rings. The van der Waals surface area contributed by atoms with Crippen LogP contribution in [0, 0.1) is 0 Å². The van der Waals surface area contributed by atoms with Crippen molar-refractivity contribution < 1.29 is 20.2 Å². The van der Waals surface area contributed by atoms with Crippen molar-refractivity contribution in [2.24, 2.45) is 0 Å². The minimum atomic E-state index is -2.59. The number of hydrogen-bond acceptors (Lipinski definition) is 2. The van der Waals surface area contributed by atoms with Crippen molar-refractivity contribution in [3.05, 3.63) is 84.1 Å². The molecule has 0 bridgehead atoms. The molecule has 4 heteroatoms. The first-order valence-electron chi connectivity index (χ1n) is 10.9. The smallest absolute Gasteiger partial charge is 0.303 e. The van der Waals surface area contributed by atoms with Crippen LogP contribution < -0.4 is 0 Å². The van der Waals surface area contributed by atoms with Gasteiger partial charge in [-0.1, -0.05) is 60.7 Å². The van der Waals surface area contributed by atoms with Crippen LogP contribution in [0.3, 0.4) is 0 Å². The van der Waals surface area contributed by atoms with Crippen LogP contribution in [-0.4, -0.2) is 21.4 Å². The average molecular weight is 375 g/mol. The van der Waals surface area contributed by atoms with Gasteiger partial charge < -0.3 is 9.67 Å². The number of carboxylic acids is 1. The number of carbonyl (C=O) groups excluding carboxylic acids is 1. The lowest BCUT2D eigenvalue weighted by molar-refractivity contribution is -0.137. The molecule has 0 aliphatic heterocycles. The van der Waals surface area contributed by atoms with Crippen LogP contribution in [0.4, 0.5) is 0 Å². The lowest BCUT2D eigenvalue weighted by Gasteiger charge is -2.05. The van der Waals surface area contributed by atoms with E-state index in [9.17, 15) is 9.59 Å². The molecule has 1 aromatic heterocycles. The minimum absolute atomic E-state index is 0.217. The van der Waals surface area contributed by atoms with Crippen LogP contribution in [0.1, 0.15) is 40.6 Å². The molecule has 4 rings (SSSR count). The van der Waals surface area contributed by atoms with Crippen LogP contribution in [0.5, 0.6) is 0 Å².